The van der Waals surface area contributed by atoms with E-state index in [9.17, 15) is 4.39 Å². The number of ether oxygens (including phenoxy) is 1. The summed E-state index contributed by atoms with van der Waals surface area (Å²) < 4.78 is 19.6. The van der Waals surface area contributed by atoms with Gasteiger partial charge in [-0.3, -0.25) is 4.98 Å². The smallest absolute Gasteiger partial charge is 0.142 e. The van der Waals surface area contributed by atoms with Gasteiger partial charge in [0.05, 0.1) is 11.2 Å². The van der Waals surface area contributed by atoms with Gasteiger partial charge in [-0.25, -0.2) is 4.39 Å². The summed E-state index contributed by atoms with van der Waals surface area (Å²) in [6.45, 7) is 1.73. The molecule has 3 aromatic rings. The zero-order chi connectivity index (χ0) is 18.8. The van der Waals surface area contributed by atoms with Gasteiger partial charge in [0.25, 0.3) is 0 Å². The lowest BCUT2D eigenvalue weighted by molar-refractivity contribution is 0.226. The van der Waals surface area contributed by atoms with E-state index in [-0.39, 0.29) is 5.02 Å². The minimum atomic E-state index is -0.578. The molecule has 1 atom stereocenters. The Kier molecular flexibility index (Phi) is 5.93. The standard InChI is InChI=1S/C19H12Cl4FNO/c1-10(18-16(22)2-3-17(24)19(18)23)26-15-6-12(8-25-9-15)11-4-13(20)7-14(21)5-11/h2-10H,1H3. The van der Waals surface area contributed by atoms with E-state index in [0.29, 0.717) is 26.4 Å². The first-order chi connectivity index (χ1) is 12.3. The van der Waals surface area contributed by atoms with E-state index in [2.05, 4.69) is 4.98 Å². The molecule has 0 saturated carbocycles. The second-order valence-electron chi connectivity index (χ2n) is 5.58. The fourth-order valence-electron chi connectivity index (χ4n) is 2.54. The van der Waals surface area contributed by atoms with Crippen molar-refractivity contribution in [3.05, 3.63) is 80.3 Å². The molecular weight excluding hydrogens is 419 g/mol. The summed E-state index contributed by atoms with van der Waals surface area (Å²) in [5.74, 6) is -0.0792. The average molecular weight is 431 g/mol. The lowest BCUT2D eigenvalue weighted by atomic mass is 10.1. The van der Waals surface area contributed by atoms with E-state index in [0.717, 1.165) is 11.1 Å². The molecule has 3 rings (SSSR count). The third kappa shape index (κ3) is 4.24. The fourth-order valence-corrected chi connectivity index (χ4v) is 3.74. The van der Waals surface area contributed by atoms with E-state index in [1.807, 2.05) is 0 Å². The molecule has 2 aromatic carbocycles. The molecule has 1 heterocycles. The molecule has 0 amide bonds. The van der Waals surface area contributed by atoms with Crippen LogP contribution in [-0.4, -0.2) is 4.98 Å². The van der Waals surface area contributed by atoms with Crippen molar-refractivity contribution < 1.29 is 9.13 Å². The molecule has 0 radical (unpaired) electrons. The van der Waals surface area contributed by atoms with Gasteiger partial charge in [0.2, 0.25) is 0 Å². The largest absolute Gasteiger partial charge is 0.484 e. The van der Waals surface area contributed by atoms with E-state index in [1.165, 1.54) is 12.1 Å². The highest BCUT2D eigenvalue weighted by molar-refractivity contribution is 6.36. The lowest BCUT2D eigenvalue weighted by Gasteiger charge is -2.18. The van der Waals surface area contributed by atoms with Crippen LogP contribution < -0.4 is 4.74 Å². The fraction of sp³-hybridized carbons (Fsp3) is 0.105. The molecule has 0 aliphatic carbocycles. The molecule has 0 saturated heterocycles. The maximum absolute atomic E-state index is 13.7. The molecule has 0 fully saturated rings. The lowest BCUT2D eigenvalue weighted by Crippen LogP contribution is -2.06. The number of hydrogen-bond acceptors (Lipinski definition) is 2. The van der Waals surface area contributed by atoms with Crippen LogP contribution in [-0.2, 0) is 0 Å². The Morgan fingerprint density at radius 1 is 0.923 bits per heavy atom. The predicted octanol–water partition coefficient (Wildman–Crippen LogP) is 7.64. The van der Waals surface area contributed by atoms with Crippen molar-refractivity contribution >= 4 is 46.4 Å². The average Bonchev–Trinajstić information content (AvgIpc) is 2.58. The zero-order valence-corrected chi connectivity index (χ0v) is 16.5. The topological polar surface area (TPSA) is 22.1 Å². The van der Waals surface area contributed by atoms with Crippen LogP contribution in [0.4, 0.5) is 4.39 Å². The van der Waals surface area contributed by atoms with Crippen molar-refractivity contribution in [1.82, 2.24) is 4.98 Å². The molecule has 0 bridgehead atoms. The van der Waals surface area contributed by atoms with Crippen LogP contribution in [0.15, 0.2) is 48.8 Å². The van der Waals surface area contributed by atoms with Crippen molar-refractivity contribution in [3.8, 4) is 16.9 Å². The maximum Gasteiger partial charge on any atom is 0.142 e. The number of nitrogens with zero attached hydrogens (tertiary/aromatic N) is 1. The first-order valence-corrected chi connectivity index (χ1v) is 9.08. The Bertz CT molecular complexity index is 944. The van der Waals surface area contributed by atoms with Crippen molar-refractivity contribution in [2.45, 2.75) is 13.0 Å². The van der Waals surface area contributed by atoms with Gasteiger partial charge >= 0.3 is 0 Å². The number of hydrogen-bond donors (Lipinski definition) is 0. The SMILES string of the molecule is CC(Oc1cncc(-c2cc(Cl)cc(Cl)c2)c1)c1c(Cl)ccc(F)c1Cl. The minimum absolute atomic E-state index is 0.0595. The summed E-state index contributed by atoms with van der Waals surface area (Å²) in [7, 11) is 0. The Morgan fingerprint density at radius 3 is 2.31 bits per heavy atom. The van der Waals surface area contributed by atoms with Crippen molar-refractivity contribution in [1.29, 1.82) is 0 Å². The normalized spacial score (nSPS) is 12.1. The van der Waals surface area contributed by atoms with Crippen LogP contribution in [0.2, 0.25) is 20.1 Å². The zero-order valence-electron chi connectivity index (χ0n) is 13.4. The first-order valence-electron chi connectivity index (χ1n) is 7.56. The number of benzene rings is 2. The molecule has 7 heteroatoms. The highest BCUT2D eigenvalue weighted by atomic mass is 35.5. The van der Waals surface area contributed by atoms with Crippen molar-refractivity contribution in [2.75, 3.05) is 0 Å². The summed E-state index contributed by atoms with van der Waals surface area (Å²) in [6, 6.07) is 9.64. The molecule has 2 nitrogen and oxygen atoms in total. The maximum atomic E-state index is 13.7. The second-order valence-corrected chi connectivity index (χ2v) is 7.24. The van der Waals surface area contributed by atoms with E-state index in [4.69, 9.17) is 51.1 Å². The monoisotopic (exact) mass is 429 g/mol. The number of aromatic nitrogens is 1. The summed E-state index contributed by atoms with van der Waals surface area (Å²) in [5, 5.41) is 1.31. The van der Waals surface area contributed by atoms with Crippen LogP contribution in [0.1, 0.15) is 18.6 Å². The number of pyridine rings is 1. The summed E-state index contributed by atoms with van der Waals surface area (Å²) >= 11 is 24.3. The summed E-state index contributed by atoms with van der Waals surface area (Å²) in [6.07, 6.45) is 2.64. The highest BCUT2D eigenvalue weighted by Gasteiger charge is 2.19. The van der Waals surface area contributed by atoms with Crippen molar-refractivity contribution in [2.24, 2.45) is 0 Å². The van der Waals surface area contributed by atoms with Gasteiger partial charge in [0.15, 0.2) is 0 Å². The van der Waals surface area contributed by atoms with Crippen LogP contribution >= 0.6 is 46.4 Å². The molecule has 0 aliphatic heterocycles. The number of rotatable bonds is 4. The summed E-state index contributed by atoms with van der Waals surface area (Å²) in [4.78, 5) is 4.18. The highest BCUT2D eigenvalue weighted by Crippen LogP contribution is 2.35. The molecular formula is C19H12Cl4FNO. The second kappa shape index (κ2) is 8.01. The molecule has 26 heavy (non-hydrogen) atoms. The molecule has 1 aromatic heterocycles. The predicted molar refractivity (Wildman–Crippen MR) is 105 cm³/mol. The van der Waals surface area contributed by atoms with Crippen LogP contribution in [0.25, 0.3) is 11.1 Å². The Morgan fingerprint density at radius 2 is 1.62 bits per heavy atom. The van der Waals surface area contributed by atoms with E-state index < -0.39 is 11.9 Å². The molecule has 0 N–H and O–H groups in total. The van der Waals surface area contributed by atoms with Gasteiger partial charge in [-0.15, -0.1) is 0 Å². The molecule has 134 valence electrons. The Labute approximate surface area is 170 Å². The van der Waals surface area contributed by atoms with Gasteiger partial charge in [-0.2, -0.15) is 0 Å². The van der Waals surface area contributed by atoms with Crippen LogP contribution in [0, 0.1) is 5.82 Å². The minimum Gasteiger partial charge on any atom is -0.484 e. The summed E-state index contributed by atoms with van der Waals surface area (Å²) in [5.41, 5.74) is 1.95. The van der Waals surface area contributed by atoms with E-state index in [1.54, 1.807) is 43.6 Å². The van der Waals surface area contributed by atoms with Gasteiger partial charge in [0.1, 0.15) is 17.7 Å². The quantitative estimate of drug-likeness (QED) is 0.396. The van der Waals surface area contributed by atoms with Gasteiger partial charge < -0.3 is 4.74 Å². The van der Waals surface area contributed by atoms with Gasteiger partial charge in [-0.1, -0.05) is 46.4 Å². The van der Waals surface area contributed by atoms with Crippen LogP contribution in [0.3, 0.4) is 0 Å². The molecule has 0 aliphatic rings. The van der Waals surface area contributed by atoms with Gasteiger partial charge in [-0.05, 0) is 48.9 Å². The van der Waals surface area contributed by atoms with Crippen molar-refractivity contribution in [3.63, 3.8) is 0 Å². The Balaban J connectivity index is 1.91. The third-order valence-corrected chi connectivity index (χ3v) is 4.86. The third-order valence-electron chi connectivity index (χ3n) is 3.71. The Hall–Kier alpha value is -1.52. The molecule has 1 unspecified atom stereocenters. The number of halogens is 5. The van der Waals surface area contributed by atoms with Crippen LogP contribution in [0.5, 0.6) is 5.75 Å². The van der Waals surface area contributed by atoms with Gasteiger partial charge in [0, 0.05) is 32.4 Å². The molecule has 0 spiro atoms. The van der Waals surface area contributed by atoms with E-state index >= 15 is 0 Å². The first kappa shape index (κ1) is 19.2.